The second-order valence-electron chi connectivity index (χ2n) is 21.0. The smallest absolute Gasteiger partial charge is 0.255 e. The summed E-state index contributed by atoms with van der Waals surface area (Å²) >= 11 is 0. The minimum Gasteiger partial charge on any atom is -0.508 e. The Morgan fingerprint density at radius 2 is 1.30 bits per heavy atom. The van der Waals surface area contributed by atoms with E-state index in [0.29, 0.717) is 12.0 Å². The van der Waals surface area contributed by atoms with Crippen LogP contribution in [0.5, 0.6) is 11.5 Å². The molecule has 2 aromatic rings. The van der Waals surface area contributed by atoms with Crippen molar-refractivity contribution in [2.45, 2.75) is 146 Å². The third-order valence-corrected chi connectivity index (χ3v) is 13.7. The number of ketones is 3. The number of primary amides is 2. The number of aromatic hydroxyl groups is 2. The summed E-state index contributed by atoms with van der Waals surface area (Å²) in [5.41, 5.74) is 19.7. The van der Waals surface area contributed by atoms with Gasteiger partial charge in [-0.1, -0.05) is 52.0 Å². The maximum Gasteiger partial charge on any atom is 0.255 e. The van der Waals surface area contributed by atoms with E-state index in [1.807, 2.05) is 0 Å². The number of hydrogen-bond acceptors (Lipinski definition) is 16. The van der Waals surface area contributed by atoms with Gasteiger partial charge in [-0.2, -0.15) is 0 Å². The van der Waals surface area contributed by atoms with E-state index in [1.54, 1.807) is 27.7 Å². The lowest BCUT2D eigenvalue weighted by molar-refractivity contribution is -0.146. The number of carbonyl (C=O) groups excluding carboxylic acids is 12. The summed E-state index contributed by atoms with van der Waals surface area (Å²) in [5, 5.41) is 38.1. The SMILES string of the molecule is CNCC(=O)N[C@@]1(C(=O)N[C@@H](CC(N)=O)C(=O)N[C@@H](CC(C)C)C(=O)N[C@@H](Cc2ccc(O)cc2)C(=O)N[C@@H](CCCN=C(N)N)C(=O)N[C@H](C(=O)N2CCC[C@H]2C(=O)CC(N)=O)C(C)C)C(=O)CCCC(=O)C1c1ccc(O)cc1. The minimum absolute atomic E-state index is 0.00674. The van der Waals surface area contributed by atoms with Gasteiger partial charge in [-0.15, -0.1) is 0 Å². The van der Waals surface area contributed by atoms with Crippen molar-refractivity contribution in [2.24, 2.45) is 39.8 Å². The maximum atomic E-state index is 14.9. The average molecular weight is 1130 g/mol. The van der Waals surface area contributed by atoms with Crippen LogP contribution >= 0.6 is 0 Å². The number of Topliss-reactive ketones (excluding diaryl/α,β-unsaturated/α-hetero) is 3. The van der Waals surface area contributed by atoms with E-state index in [-0.39, 0.29) is 93.4 Å². The lowest BCUT2D eigenvalue weighted by atomic mass is 9.73. The number of nitrogens with two attached hydrogens (primary N) is 4. The van der Waals surface area contributed by atoms with Crippen molar-refractivity contribution in [1.29, 1.82) is 0 Å². The molecule has 1 unspecified atom stereocenters. The van der Waals surface area contributed by atoms with Gasteiger partial charge in [0.1, 0.15) is 47.5 Å². The quantitative estimate of drug-likeness (QED) is 0.0130. The van der Waals surface area contributed by atoms with Gasteiger partial charge in [0.25, 0.3) is 5.91 Å². The molecule has 27 nitrogen and oxygen atoms in total. The van der Waals surface area contributed by atoms with E-state index in [9.17, 15) is 67.7 Å². The van der Waals surface area contributed by atoms with Crippen molar-refractivity contribution in [3.05, 3.63) is 59.7 Å². The van der Waals surface area contributed by atoms with E-state index >= 15 is 0 Å². The van der Waals surface area contributed by atoms with Gasteiger partial charge in [0.2, 0.25) is 47.3 Å². The summed E-state index contributed by atoms with van der Waals surface area (Å²) in [6.07, 6.45) is -1.80. The summed E-state index contributed by atoms with van der Waals surface area (Å²) in [5.74, 6) is -14.1. The Hall–Kier alpha value is -8.49. The second-order valence-corrected chi connectivity index (χ2v) is 21.0. The highest BCUT2D eigenvalue weighted by Gasteiger charge is 2.57. The highest BCUT2D eigenvalue weighted by Crippen LogP contribution is 2.37. The summed E-state index contributed by atoms with van der Waals surface area (Å²) in [6, 6.07) is 1.96. The van der Waals surface area contributed by atoms with Gasteiger partial charge < -0.3 is 75.3 Å². The number of rotatable bonds is 29. The molecule has 1 saturated carbocycles. The molecule has 9 amide bonds. The molecule has 4 rings (SSSR count). The van der Waals surface area contributed by atoms with Crippen molar-refractivity contribution < 1.29 is 67.7 Å². The van der Waals surface area contributed by atoms with Gasteiger partial charge in [-0.3, -0.25) is 62.5 Å². The van der Waals surface area contributed by atoms with Gasteiger partial charge in [0.05, 0.1) is 31.3 Å². The first-order chi connectivity index (χ1) is 38.2. The van der Waals surface area contributed by atoms with Crippen LogP contribution < -0.4 is 60.2 Å². The highest BCUT2D eigenvalue weighted by molar-refractivity contribution is 6.19. The van der Waals surface area contributed by atoms with Crippen molar-refractivity contribution in [2.75, 3.05) is 26.7 Å². The van der Waals surface area contributed by atoms with E-state index in [4.69, 9.17) is 22.9 Å². The molecule has 0 bridgehead atoms. The molecule has 0 spiro atoms. The first-order valence-corrected chi connectivity index (χ1v) is 26.7. The molecule has 1 saturated heterocycles. The zero-order valence-electron chi connectivity index (χ0n) is 46.2. The predicted molar refractivity (Wildman–Crippen MR) is 293 cm³/mol. The largest absolute Gasteiger partial charge is 0.508 e. The number of nitrogens with zero attached hydrogens (tertiary/aromatic N) is 2. The van der Waals surface area contributed by atoms with Crippen molar-refractivity contribution in [3.8, 4) is 11.5 Å². The van der Waals surface area contributed by atoms with E-state index in [1.165, 1.54) is 60.5 Å². The van der Waals surface area contributed by atoms with Crippen molar-refractivity contribution >= 4 is 76.5 Å². The molecule has 0 aromatic heterocycles. The fourth-order valence-corrected chi connectivity index (χ4v) is 9.80. The monoisotopic (exact) mass is 1130 g/mol. The predicted octanol–water partition coefficient (Wildman–Crippen LogP) is -2.69. The minimum atomic E-state index is -2.71. The summed E-state index contributed by atoms with van der Waals surface area (Å²) in [4.78, 5) is 171. The number of guanidine groups is 1. The van der Waals surface area contributed by atoms with Crippen LogP contribution in [0, 0.1) is 11.8 Å². The van der Waals surface area contributed by atoms with E-state index in [2.05, 4.69) is 42.2 Å². The van der Waals surface area contributed by atoms with Crippen LogP contribution in [0.3, 0.4) is 0 Å². The lowest BCUT2D eigenvalue weighted by Crippen LogP contribution is -2.70. The summed E-state index contributed by atoms with van der Waals surface area (Å²) in [7, 11) is 1.42. The number of amides is 9. The number of likely N-dealkylation sites (tertiary alicyclic amines) is 1. The summed E-state index contributed by atoms with van der Waals surface area (Å²) < 4.78 is 0. The molecule has 1 aliphatic heterocycles. The Morgan fingerprint density at radius 1 is 0.716 bits per heavy atom. The molecular formula is C54H77N13O14. The van der Waals surface area contributed by atoms with Crippen LogP contribution in [-0.2, 0) is 64.0 Å². The highest BCUT2D eigenvalue weighted by atomic mass is 16.3. The molecular weight excluding hydrogens is 1050 g/mol. The topological polar surface area (TPSA) is 449 Å². The standard InChI is InChI=1S/C54H77N13O14/c1-28(2)23-35(62-50(79)37(25-42(55)73)64-52(81)54(66-44(75)27-59-5)41(72)12-6-11-39(70)45(54)31-15-19-33(69)20-16-31)48(77)63-36(24-30-13-17-32(68)18-14-30)49(78)61-34(9-7-21-60-53(57)58)47(76)65-46(29(3)4)51(80)67-22-8-10-38(67)40(71)26-43(56)74/h13-20,28-29,34-38,45-46,59,68-69H,6-12,21-27H2,1-5H3,(H2,55,73)(H2,56,74)(H,61,78)(H,62,79)(H,63,77)(H,64,81)(H,65,76)(H,66,75)(H4,57,58,60)/t34-,35-,36-,37-,38-,45?,46-,54-/m0/s1. The van der Waals surface area contributed by atoms with Crippen LogP contribution in [0.15, 0.2) is 53.5 Å². The first-order valence-electron chi connectivity index (χ1n) is 26.7. The van der Waals surface area contributed by atoms with Crippen molar-refractivity contribution in [1.82, 2.24) is 42.1 Å². The Bertz CT molecular complexity index is 2680. The number of phenolic OH excluding ortho intramolecular Hbond substituents is 2. The number of hydrogen-bond donors (Lipinski definition) is 13. The Labute approximate surface area is 468 Å². The fraction of sp³-hybridized carbons (Fsp3) is 0.537. The normalized spacial score (nSPS) is 18.9. The maximum absolute atomic E-state index is 14.9. The molecule has 442 valence electrons. The van der Waals surface area contributed by atoms with Crippen LogP contribution in [-0.4, -0.2) is 160 Å². The second kappa shape index (κ2) is 30.2. The van der Waals surface area contributed by atoms with Gasteiger partial charge in [-0.25, -0.2) is 0 Å². The zero-order valence-corrected chi connectivity index (χ0v) is 46.2. The third kappa shape index (κ3) is 18.5. The molecule has 2 aromatic carbocycles. The van der Waals surface area contributed by atoms with Crippen LogP contribution in [0.2, 0.25) is 0 Å². The molecule has 81 heavy (non-hydrogen) atoms. The molecule has 2 fully saturated rings. The van der Waals surface area contributed by atoms with E-state index in [0.717, 1.165) is 0 Å². The molecule has 27 heteroatoms. The van der Waals surface area contributed by atoms with Gasteiger partial charge in [0.15, 0.2) is 23.1 Å². The van der Waals surface area contributed by atoms with Gasteiger partial charge >= 0.3 is 0 Å². The fourth-order valence-electron chi connectivity index (χ4n) is 9.80. The van der Waals surface area contributed by atoms with Crippen LogP contribution in [0.25, 0.3) is 0 Å². The van der Waals surface area contributed by atoms with Crippen LogP contribution in [0.4, 0.5) is 0 Å². The summed E-state index contributed by atoms with van der Waals surface area (Å²) in [6.45, 7) is 6.45. The molecule has 17 N–H and O–H groups in total. The Kier molecular flexibility index (Phi) is 24.2. The number of aliphatic imine (C=N–C) groups is 1. The number of phenols is 2. The third-order valence-electron chi connectivity index (χ3n) is 13.7. The average Bonchev–Trinajstić information content (AvgIpc) is 4.02. The molecule has 8 atom stereocenters. The molecule has 1 aliphatic carbocycles. The zero-order chi connectivity index (χ0) is 60.3. The number of benzene rings is 2. The van der Waals surface area contributed by atoms with Crippen LogP contribution in [0.1, 0.15) is 109 Å². The van der Waals surface area contributed by atoms with Gasteiger partial charge in [0, 0.05) is 32.4 Å². The number of carbonyl (C=O) groups is 12. The first kappa shape index (κ1) is 65.0. The molecule has 1 heterocycles. The number of nitrogens with one attached hydrogen (secondary N) is 7. The van der Waals surface area contributed by atoms with Crippen molar-refractivity contribution in [3.63, 3.8) is 0 Å². The molecule has 2 aliphatic rings. The molecule has 0 radical (unpaired) electrons. The number of likely N-dealkylation sites (N-methyl/N-ethyl adjacent to an activating group) is 1. The van der Waals surface area contributed by atoms with Gasteiger partial charge in [-0.05, 0) is 92.8 Å². The Balaban J connectivity index is 1.71. The van der Waals surface area contributed by atoms with E-state index < -0.39 is 144 Å². The lowest BCUT2D eigenvalue weighted by Gasteiger charge is -2.38. The Morgan fingerprint density at radius 3 is 1.88 bits per heavy atom.